The first-order valence-electron chi connectivity index (χ1n) is 6.58. The van der Waals surface area contributed by atoms with Gasteiger partial charge in [0.2, 0.25) is 0 Å². The lowest BCUT2D eigenvalue weighted by Gasteiger charge is -2.28. The van der Waals surface area contributed by atoms with E-state index < -0.39 is 11.9 Å². The van der Waals surface area contributed by atoms with Crippen LogP contribution in [-0.4, -0.2) is 46.1 Å². The molecule has 0 aromatic carbocycles. The van der Waals surface area contributed by atoms with E-state index in [0.29, 0.717) is 18.2 Å². The summed E-state index contributed by atoms with van der Waals surface area (Å²) in [6, 6.07) is 0. The Hall–Kier alpha value is -1.36. The van der Waals surface area contributed by atoms with Crippen LogP contribution in [0, 0.1) is 0 Å². The number of aromatic nitrogens is 2. The highest BCUT2D eigenvalue weighted by Crippen LogP contribution is 2.27. The third kappa shape index (κ3) is 2.72. The minimum Gasteiger partial charge on any atom is -0.481 e. The lowest BCUT2D eigenvalue weighted by molar-refractivity contribution is -0.139. The molecule has 1 atom stereocenters. The molecule has 1 unspecified atom stereocenters. The van der Waals surface area contributed by atoms with Gasteiger partial charge in [-0.05, 0) is 39.4 Å². The maximum Gasteiger partial charge on any atom is 0.314 e. The molecule has 1 aliphatic heterocycles. The van der Waals surface area contributed by atoms with Crippen LogP contribution >= 0.6 is 0 Å². The number of likely N-dealkylation sites (tertiary alicyclic amines) is 1. The minimum atomic E-state index is -0.804. The third-order valence-electron chi connectivity index (χ3n) is 3.81. The van der Waals surface area contributed by atoms with Crippen LogP contribution in [0.25, 0.3) is 0 Å². The predicted octanol–water partition coefficient (Wildman–Crippen LogP) is 1.80. The summed E-state index contributed by atoms with van der Waals surface area (Å²) in [5, 5.41) is 9.11. The molecule has 1 aliphatic rings. The van der Waals surface area contributed by atoms with Crippen LogP contribution in [0.15, 0.2) is 6.20 Å². The highest BCUT2D eigenvalue weighted by molar-refractivity contribution is 5.74. The molecule has 1 saturated heterocycles. The molecule has 18 heavy (non-hydrogen) atoms. The van der Waals surface area contributed by atoms with Crippen LogP contribution < -0.4 is 0 Å². The van der Waals surface area contributed by atoms with E-state index in [0.717, 1.165) is 31.6 Å². The molecule has 0 aliphatic carbocycles. The van der Waals surface area contributed by atoms with E-state index in [9.17, 15) is 4.79 Å². The fraction of sp³-hybridized carbons (Fsp3) is 0.692. The Morgan fingerprint density at radius 1 is 1.61 bits per heavy atom. The van der Waals surface area contributed by atoms with Crippen molar-refractivity contribution in [3.8, 4) is 0 Å². The second kappa shape index (κ2) is 5.52. The van der Waals surface area contributed by atoms with Gasteiger partial charge < -0.3 is 15.0 Å². The van der Waals surface area contributed by atoms with Crippen LogP contribution in [0.2, 0.25) is 0 Å². The zero-order chi connectivity index (χ0) is 13.1. The maximum absolute atomic E-state index is 11.1. The molecule has 0 saturated carbocycles. The first kappa shape index (κ1) is 13.1. The van der Waals surface area contributed by atoms with Crippen LogP contribution in [0.3, 0.4) is 0 Å². The topological polar surface area (TPSA) is 69.2 Å². The van der Waals surface area contributed by atoms with Crippen molar-refractivity contribution in [1.29, 1.82) is 0 Å². The molecule has 2 rings (SSSR count). The van der Waals surface area contributed by atoms with E-state index in [1.54, 1.807) is 0 Å². The normalized spacial score (nSPS) is 19.9. The number of hydrogen-bond acceptors (Lipinski definition) is 3. The average Bonchev–Trinajstić information content (AvgIpc) is 2.80. The number of H-pyrrole nitrogens is 1. The van der Waals surface area contributed by atoms with Gasteiger partial charge in [0, 0.05) is 17.8 Å². The van der Waals surface area contributed by atoms with Gasteiger partial charge in [-0.1, -0.05) is 6.92 Å². The summed E-state index contributed by atoms with van der Waals surface area (Å²) in [4.78, 5) is 20.9. The van der Waals surface area contributed by atoms with Gasteiger partial charge in [-0.2, -0.15) is 0 Å². The largest absolute Gasteiger partial charge is 0.481 e. The van der Waals surface area contributed by atoms with Crippen molar-refractivity contribution in [2.24, 2.45) is 0 Å². The quantitative estimate of drug-likeness (QED) is 0.856. The second-order valence-electron chi connectivity index (χ2n) is 5.10. The van der Waals surface area contributed by atoms with Crippen molar-refractivity contribution in [2.75, 3.05) is 20.1 Å². The van der Waals surface area contributed by atoms with Crippen molar-refractivity contribution < 1.29 is 9.90 Å². The zero-order valence-corrected chi connectivity index (χ0v) is 11.0. The van der Waals surface area contributed by atoms with Gasteiger partial charge in [-0.25, -0.2) is 4.98 Å². The summed E-state index contributed by atoms with van der Waals surface area (Å²) < 4.78 is 0. The van der Waals surface area contributed by atoms with E-state index in [-0.39, 0.29) is 0 Å². The summed E-state index contributed by atoms with van der Waals surface area (Å²) in [6.07, 6.45) is 4.61. The van der Waals surface area contributed by atoms with Crippen molar-refractivity contribution in [1.82, 2.24) is 14.9 Å². The molecule has 1 aromatic rings. The maximum atomic E-state index is 11.1. The lowest BCUT2D eigenvalue weighted by Crippen LogP contribution is -2.29. The van der Waals surface area contributed by atoms with Crippen LogP contribution in [0.5, 0.6) is 0 Å². The highest BCUT2D eigenvalue weighted by atomic mass is 16.4. The Bertz CT molecular complexity index is 408. The highest BCUT2D eigenvalue weighted by Gasteiger charge is 2.24. The fourth-order valence-electron chi connectivity index (χ4n) is 2.54. The number of rotatable bonds is 4. The van der Waals surface area contributed by atoms with Crippen molar-refractivity contribution >= 4 is 5.97 Å². The number of carboxylic acids is 1. The average molecular weight is 251 g/mol. The Labute approximate surface area is 107 Å². The summed E-state index contributed by atoms with van der Waals surface area (Å²) >= 11 is 0. The molecule has 5 nitrogen and oxygen atoms in total. The number of carboxylic acid groups (broad SMARTS) is 1. The van der Waals surface area contributed by atoms with Gasteiger partial charge in [0.1, 0.15) is 11.7 Å². The van der Waals surface area contributed by atoms with E-state index in [1.165, 1.54) is 0 Å². The number of aromatic amines is 1. The number of carbonyl (C=O) groups is 1. The van der Waals surface area contributed by atoms with E-state index in [1.807, 2.05) is 13.1 Å². The van der Waals surface area contributed by atoms with Crippen molar-refractivity contribution in [3.63, 3.8) is 0 Å². The van der Waals surface area contributed by atoms with Crippen molar-refractivity contribution in [3.05, 3.63) is 17.7 Å². The van der Waals surface area contributed by atoms with Crippen LogP contribution in [-0.2, 0) is 4.79 Å². The molecular weight excluding hydrogens is 230 g/mol. The Kier molecular flexibility index (Phi) is 4.01. The minimum absolute atomic E-state index is 0.494. The zero-order valence-electron chi connectivity index (χ0n) is 11.0. The number of aliphatic carboxylic acids is 1. The Morgan fingerprint density at radius 2 is 2.28 bits per heavy atom. The van der Waals surface area contributed by atoms with Crippen molar-refractivity contribution in [2.45, 2.75) is 38.0 Å². The lowest BCUT2D eigenvalue weighted by atomic mass is 9.94. The smallest absolute Gasteiger partial charge is 0.314 e. The fourth-order valence-corrected chi connectivity index (χ4v) is 2.54. The number of nitrogens with zero attached hydrogens (tertiary/aromatic N) is 2. The molecule has 2 heterocycles. The number of piperidine rings is 1. The molecule has 5 heteroatoms. The monoisotopic (exact) mass is 251 g/mol. The number of nitrogens with one attached hydrogen (secondary N) is 1. The molecule has 0 bridgehead atoms. The molecule has 0 spiro atoms. The van der Waals surface area contributed by atoms with E-state index in [4.69, 9.17) is 5.11 Å². The van der Waals surface area contributed by atoms with Gasteiger partial charge in [-0.3, -0.25) is 4.79 Å². The summed E-state index contributed by atoms with van der Waals surface area (Å²) in [5.74, 6) is -0.223. The summed E-state index contributed by atoms with van der Waals surface area (Å²) in [6.45, 7) is 4.06. The standard InChI is InChI=1S/C13H21N3O2/c1-3-10(13(17)18)12-14-8-11(15-12)9-4-6-16(2)7-5-9/h8-10H,3-7H2,1-2H3,(H,14,15)(H,17,18). The molecule has 1 aromatic heterocycles. The number of imidazole rings is 1. The SMILES string of the molecule is CCC(C(=O)O)c1ncc(C2CCN(C)CC2)[nH]1. The number of hydrogen-bond donors (Lipinski definition) is 2. The van der Waals surface area contributed by atoms with Gasteiger partial charge in [0.05, 0.1) is 0 Å². The van der Waals surface area contributed by atoms with Crippen LogP contribution in [0.1, 0.15) is 49.5 Å². The molecule has 0 radical (unpaired) electrons. The molecule has 100 valence electrons. The summed E-state index contributed by atoms with van der Waals surface area (Å²) in [7, 11) is 2.13. The Balaban J connectivity index is 2.08. The van der Waals surface area contributed by atoms with Gasteiger partial charge in [-0.15, -0.1) is 0 Å². The first-order valence-corrected chi connectivity index (χ1v) is 6.58. The Morgan fingerprint density at radius 3 is 2.83 bits per heavy atom. The molecular formula is C13H21N3O2. The third-order valence-corrected chi connectivity index (χ3v) is 3.81. The first-order chi connectivity index (χ1) is 8.61. The second-order valence-corrected chi connectivity index (χ2v) is 5.10. The van der Waals surface area contributed by atoms with Gasteiger partial charge >= 0.3 is 5.97 Å². The predicted molar refractivity (Wildman–Crippen MR) is 68.7 cm³/mol. The van der Waals surface area contributed by atoms with Gasteiger partial charge in [0.25, 0.3) is 0 Å². The van der Waals surface area contributed by atoms with Crippen LogP contribution in [0.4, 0.5) is 0 Å². The molecule has 1 fully saturated rings. The van der Waals surface area contributed by atoms with E-state index in [2.05, 4.69) is 21.9 Å². The molecule has 0 amide bonds. The molecule has 2 N–H and O–H groups in total. The summed E-state index contributed by atoms with van der Waals surface area (Å²) in [5.41, 5.74) is 1.10. The van der Waals surface area contributed by atoms with E-state index >= 15 is 0 Å². The van der Waals surface area contributed by atoms with Gasteiger partial charge in [0.15, 0.2) is 0 Å².